The molecule has 0 unspecified atom stereocenters. The Bertz CT molecular complexity index is 284. The molecule has 0 spiro atoms. The highest BCUT2D eigenvalue weighted by molar-refractivity contribution is 5.85. The molecule has 3 nitrogen and oxygen atoms in total. The van der Waals surface area contributed by atoms with Crippen molar-refractivity contribution in [3.05, 3.63) is 0 Å². The highest BCUT2D eigenvalue weighted by Crippen LogP contribution is 2.39. The number of hydrogen-bond donors (Lipinski definition) is 1. The number of carbonyl (C=O) groups is 1. The number of carbonyl (C=O) groups excluding carboxylic acids is 1. The summed E-state index contributed by atoms with van der Waals surface area (Å²) in [4.78, 5) is 14.6. The first-order valence-electron chi connectivity index (χ1n) is 7.63. The Morgan fingerprint density at radius 3 is 2.26 bits per heavy atom. The lowest BCUT2D eigenvalue weighted by molar-refractivity contribution is -0.140. The van der Waals surface area contributed by atoms with E-state index < -0.39 is 0 Å². The molecule has 0 radical (unpaired) electrons. The van der Waals surface area contributed by atoms with Crippen molar-refractivity contribution in [3.8, 4) is 0 Å². The Hall–Kier alpha value is -0.280. The maximum Gasteiger partial charge on any atom is 0.229 e. The van der Waals surface area contributed by atoms with Crippen molar-refractivity contribution in [3.63, 3.8) is 0 Å². The van der Waals surface area contributed by atoms with E-state index in [1.54, 1.807) is 0 Å². The van der Waals surface area contributed by atoms with Crippen LogP contribution in [0.25, 0.3) is 0 Å². The molecule has 0 aromatic rings. The number of nitrogens with zero attached hydrogens (tertiary/aromatic N) is 1. The summed E-state index contributed by atoms with van der Waals surface area (Å²) in [6.45, 7) is 1.47. The standard InChI is InChI=1S/C15H28N2O.ClH/c1-17(11-13-7-3-2-4-8-13)14(18)15(12-16)9-5-6-10-15;/h13H,2-12,16H2,1H3;1H. The van der Waals surface area contributed by atoms with Crippen molar-refractivity contribution in [2.45, 2.75) is 57.8 Å². The molecule has 0 aliphatic heterocycles. The molecule has 112 valence electrons. The number of rotatable bonds is 4. The molecular weight excluding hydrogens is 260 g/mol. The van der Waals surface area contributed by atoms with Crippen molar-refractivity contribution < 1.29 is 4.79 Å². The van der Waals surface area contributed by atoms with Crippen LogP contribution >= 0.6 is 12.4 Å². The molecule has 0 aromatic carbocycles. The third-order valence-electron chi connectivity index (χ3n) is 5.01. The van der Waals surface area contributed by atoms with E-state index in [4.69, 9.17) is 5.73 Å². The molecule has 0 saturated heterocycles. The third kappa shape index (κ3) is 3.85. The molecule has 2 saturated carbocycles. The SMILES string of the molecule is CN(CC1CCCCC1)C(=O)C1(CN)CCCC1.Cl. The van der Waals surface area contributed by atoms with Gasteiger partial charge in [0.1, 0.15) is 0 Å². The minimum absolute atomic E-state index is 0. The fourth-order valence-electron chi connectivity index (χ4n) is 3.80. The van der Waals surface area contributed by atoms with Gasteiger partial charge in [-0.25, -0.2) is 0 Å². The molecule has 0 aromatic heterocycles. The highest BCUT2D eigenvalue weighted by atomic mass is 35.5. The van der Waals surface area contributed by atoms with E-state index in [1.807, 2.05) is 11.9 Å². The van der Waals surface area contributed by atoms with Gasteiger partial charge in [-0.05, 0) is 31.6 Å². The first-order chi connectivity index (χ1) is 8.68. The summed E-state index contributed by atoms with van der Waals surface area (Å²) in [6, 6.07) is 0. The van der Waals surface area contributed by atoms with E-state index >= 15 is 0 Å². The molecule has 0 atom stereocenters. The maximum absolute atomic E-state index is 12.6. The van der Waals surface area contributed by atoms with Crippen LogP contribution in [-0.4, -0.2) is 30.9 Å². The van der Waals surface area contributed by atoms with Crippen molar-refractivity contribution in [1.82, 2.24) is 4.90 Å². The zero-order valence-corrected chi connectivity index (χ0v) is 13.0. The summed E-state index contributed by atoms with van der Waals surface area (Å²) >= 11 is 0. The van der Waals surface area contributed by atoms with Crippen LogP contribution in [0, 0.1) is 11.3 Å². The lowest BCUT2D eigenvalue weighted by atomic mass is 9.83. The Balaban J connectivity index is 0.00000180. The zero-order chi connectivity index (χ0) is 13.0. The van der Waals surface area contributed by atoms with Gasteiger partial charge in [-0.15, -0.1) is 12.4 Å². The van der Waals surface area contributed by atoms with Gasteiger partial charge in [0.05, 0.1) is 5.41 Å². The summed E-state index contributed by atoms with van der Waals surface area (Å²) in [7, 11) is 1.98. The average molecular weight is 289 g/mol. The van der Waals surface area contributed by atoms with E-state index in [9.17, 15) is 4.79 Å². The van der Waals surface area contributed by atoms with Crippen LogP contribution in [0.5, 0.6) is 0 Å². The minimum atomic E-state index is -0.219. The average Bonchev–Trinajstić information content (AvgIpc) is 2.89. The second kappa shape index (κ2) is 7.49. The maximum atomic E-state index is 12.6. The molecule has 0 heterocycles. The summed E-state index contributed by atoms with van der Waals surface area (Å²) in [5, 5.41) is 0. The van der Waals surface area contributed by atoms with Gasteiger partial charge in [0, 0.05) is 20.1 Å². The Morgan fingerprint density at radius 2 is 1.74 bits per heavy atom. The lowest BCUT2D eigenvalue weighted by Gasteiger charge is -2.34. The van der Waals surface area contributed by atoms with Crippen molar-refractivity contribution >= 4 is 18.3 Å². The van der Waals surface area contributed by atoms with Crippen LogP contribution in [0.4, 0.5) is 0 Å². The molecule has 0 bridgehead atoms. The lowest BCUT2D eigenvalue weighted by Crippen LogP contribution is -2.46. The van der Waals surface area contributed by atoms with Gasteiger partial charge in [0.15, 0.2) is 0 Å². The topological polar surface area (TPSA) is 46.3 Å². The molecular formula is C15H29ClN2O. The van der Waals surface area contributed by atoms with Crippen molar-refractivity contribution in [1.29, 1.82) is 0 Å². The van der Waals surface area contributed by atoms with Gasteiger partial charge < -0.3 is 10.6 Å². The number of hydrogen-bond acceptors (Lipinski definition) is 2. The van der Waals surface area contributed by atoms with Crippen LogP contribution in [0.3, 0.4) is 0 Å². The second-order valence-corrected chi connectivity index (χ2v) is 6.38. The normalized spacial score (nSPS) is 22.8. The predicted molar refractivity (Wildman–Crippen MR) is 81.4 cm³/mol. The van der Waals surface area contributed by atoms with E-state index in [0.717, 1.165) is 25.3 Å². The first kappa shape index (κ1) is 16.8. The fraction of sp³-hybridized carbons (Fsp3) is 0.933. The van der Waals surface area contributed by atoms with Crippen molar-refractivity contribution in [2.24, 2.45) is 17.1 Å². The van der Waals surface area contributed by atoms with Crippen LogP contribution in [0.2, 0.25) is 0 Å². The third-order valence-corrected chi connectivity index (χ3v) is 5.01. The first-order valence-corrected chi connectivity index (χ1v) is 7.63. The number of amides is 1. The van der Waals surface area contributed by atoms with Gasteiger partial charge in [-0.2, -0.15) is 0 Å². The quantitative estimate of drug-likeness (QED) is 0.864. The molecule has 19 heavy (non-hydrogen) atoms. The van der Waals surface area contributed by atoms with Crippen LogP contribution in [-0.2, 0) is 4.79 Å². The Kier molecular flexibility index (Phi) is 6.61. The molecule has 2 rings (SSSR count). The molecule has 2 aliphatic carbocycles. The highest BCUT2D eigenvalue weighted by Gasteiger charge is 2.41. The molecule has 4 heteroatoms. The van der Waals surface area contributed by atoms with Crippen LogP contribution < -0.4 is 5.73 Å². The van der Waals surface area contributed by atoms with E-state index in [2.05, 4.69) is 0 Å². The molecule has 2 aliphatic rings. The largest absolute Gasteiger partial charge is 0.345 e. The Labute approximate surface area is 123 Å². The van der Waals surface area contributed by atoms with Gasteiger partial charge in [0.25, 0.3) is 0 Å². The smallest absolute Gasteiger partial charge is 0.229 e. The fourth-order valence-corrected chi connectivity index (χ4v) is 3.80. The summed E-state index contributed by atoms with van der Waals surface area (Å²) in [5.74, 6) is 1.04. The molecule has 2 N–H and O–H groups in total. The van der Waals surface area contributed by atoms with Crippen LogP contribution in [0.15, 0.2) is 0 Å². The van der Waals surface area contributed by atoms with Gasteiger partial charge in [-0.3, -0.25) is 4.79 Å². The van der Waals surface area contributed by atoms with Gasteiger partial charge in [-0.1, -0.05) is 32.1 Å². The molecule has 1 amide bonds. The Morgan fingerprint density at radius 1 is 1.16 bits per heavy atom. The van der Waals surface area contributed by atoms with E-state index in [1.165, 1.54) is 44.9 Å². The zero-order valence-electron chi connectivity index (χ0n) is 12.2. The summed E-state index contributed by atoms with van der Waals surface area (Å²) in [6.07, 6.45) is 11.0. The second-order valence-electron chi connectivity index (χ2n) is 6.38. The monoisotopic (exact) mass is 288 g/mol. The predicted octanol–water partition coefficient (Wildman–Crippen LogP) is 2.97. The van der Waals surface area contributed by atoms with E-state index in [-0.39, 0.29) is 17.8 Å². The van der Waals surface area contributed by atoms with E-state index in [0.29, 0.717) is 12.5 Å². The minimum Gasteiger partial charge on any atom is -0.345 e. The summed E-state index contributed by atoms with van der Waals surface area (Å²) < 4.78 is 0. The van der Waals surface area contributed by atoms with Gasteiger partial charge in [0.2, 0.25) is 5.91 Å². The van der Waals surface area contributed by atoms with Crippen LogP contribution in [0.1, 0.15) is 57.8 Å². The molecule has 2 fully saturated rings. The number of halogens is 1. The number of nitrogens with two attached hydrogens (primary N) is 1. The van der Waals surface area contributed by atoms with Crippen molar-refractivity contribution in [2.75, 3.05) is 20.1 Å². The van der Waals surface area contributed by atoms with Gasteiger partial charge >= 0.3 is 0 Å². The summed E-state index contributed by atoms with van der Waals surface area (Å²) in [5.41, 5.74) is 5.67.